The SMILES string of the molecule is c1cc(OC2CCN(c3ncnc4c3CCC4)CC2)c2cc[nH]c2c1. The topological polar surface area (TPSA) is 54.0 Å². The summed E-state index contributed by atoms with van der Waals surface area (Å²) >= 11 is 0. The molecule has 0 unspecified atom stereocenters. The first-order valence-corrected chi connectivity index (χ1v) is 9.19. The van der Waals surface area contributed by atoms with Crippen molar-refractivity contribution in [3.63, 3.8) is 0 Å². The van der Waals surface area contributed by atoms with Gasteiger partial charge in [-0.1, -0.05) is 6.07 Å². The second-order valence-corrected chi connectivity index (χ2v) is 6.98. The lowest BCUT2D eigenvalue weighted by molar-refractivity contribution is 0.173. The van der Waals surface area contributed by atoms with Crippen LogP contribution >= 0.6 is 0 Å². The van der Waals surface area contributed by atoms with E-state index >= 15 is 0 Å². The lowest BCUT2D eigenvalue weighted by atomic mass is 10.1. The lowest BCUT2D eigenvalue weighted by Crippen LogP contribution is -2.39. The highest BCUT2D eigenvalue weighted by Gasteiger charge is 2.26. The molecule has 1 saturated heterocycles. The zero-order valence-corrected chi connectivity index (χ0v) is 14.2. The van der Waals surface area contributed by atoms with Gasteiger partial charge in [0.05, 0.1) is 0 Å². The molecule has 3 aromatic rings. The number of aryl methyl sites for hydroxylation is 1. The summed E-state index contributed by atoms with van der Waals surface area (Å²) in [6.45, 7) is 1.99. The Morgan fingerprint density at radius 1 is 1.08 bits per heavy atom. The van der Waals surface area contributed by atoms with Crippen LogP contribution < -0.4 is 9.64 Å². The molecule has 2 aliphatic rings. The highest BCUT2D eigenvalue weighted by Crippen LogP contribution is 2.31. The Kier molecular flexibility index (Phi) is 3.58. The summed E-state index contributed by atoms with van der Waals surface area (Å²) in [6, 6.07) is 8.29. The van der Waals surface area contributed by atoms with Gasteiger partial charge in [-0.2, -0.15) is 0 Å². The molecule has 0 atom stereocenters. The fourth-order valence-corrected chi connectivity index (χ4v) is 4.14. The number of nitrogens with one attached hydrogen (secondary N) is 1. The fraction of sp³-hybridized carbons (Fsp3) is 0.400. The quantitative estimate of drug-likeness (QED) is 0.796. The van der Waals surface area contributed by atoms with Crippen LogP contribution in [0.25, 0.3) is 10.9 Å². The second kappa shape index (κ2) is 6.06. The number of aromatic nitrogens is 3. The number of anilines is 1. The number of fused-ring (bicyclic) bond motifs is 2. The summed E-state index contributed by atoms with van der Waals surface area (Å²) in [6.07, 6.45) is 9.46. The molecule has 0 amide bonds. The largest absolute Gasteiger partial charge is 0.490 e. The van der Waals surface area contributed by atoms with Crippen LogP contribution in [-0.2, 0) is 12.8 Å². The van der Waals surface area contributed by atoms with Gasteiger partial charge in [0.25, 0.3) is 0 Å². The standard InChI is InChI=1S/C20H22N4O/c1-3-16-18(4-1)22-13-23-20(16)24-11-8-14(9-12-24)25-19-6-2-5-17-15(19)7-10-21-17/h2,5-7,10,13-14,21H,1,3-4,8-9,11-12H2. The number of aromatic amines is 1. The first kappa shape index (κ1) is 14.8. The third kappa shape index (κ3) is 2.64. The average molecular weight is 334 g/mol. The molecule has 128 valence electrons. The summed E-state index contributed by atoms with van der Waals surface area (Å²) in [5, 5.41) is 1.17. The molecule has 2 aromatic heterocycles. The van der Waals surface area contributed by atoms with Crippen LogP contribution in [0.2, 0.25) is 0 Å². The molecule has 0 radical (unpaired) electrons. The maximum atomic E-state index is 6.32. The molecule has 1 aliphatic carbocycles. The molecule has 5 nitrogen and oxygen atoms in total. The van der Waals surface area contributed by atoms with Gasteiger partial charge in [0, 0.05) is 54.3 Å². The van der Waals surface area contributed by atoms with E-state index in [9.17, 15) is 0 Å². The van der Waals surface area contributed by atoms with Crippen LogP contribution in [0.5, 0.6) is 5.75 Å². The van der Waals surface area contributed by atoms with Gasteiger partial charge >= 0.3 is 0 Å². The number of ether oxygens (including phenoxy) is 1. The Labute approximate surface area is 147 Å². The lowest BCUT2D eigenvalue weighted by Gasteiger charge is -2.34. The number of hydrogen-bond acceptors (Lipinski definition) is 4. The third-order valence-corrected chi connectivity index (χ3v) is 5.44. The highest BCUT2D eigenvalue weighted by molar-refractivity contribution is 5.85. The monoisotopic (exact) mass is 334 g/mol. The van der Waals surface area contributed by atoms with Crippen LogP contribution in [-0.4, -0.2) is 34.1 Å². The van der Waals surface area contributed by atoms with Gasteiger partial charge in [-0.25, -0.2) is 9.97 Å². The zero-order valence-electron chi connectivity index (χ0n) is 14.2. The molecular formula is C20H22N4O. The minimum Gasteiger partial charge on any atom is -0.490 e. The molecule has 1 aromatic carbocycles. The van der Waals surface area contributed by atoms with Crippen molar-refractivity contribution in [2.45, 2.75) is 38.2 Å². The van der Waals surface area contributed by atoms with E-state index in [1.807, 2.05) is 12.3 Å². The molecule has 0 bridgehead atoms. The number of piperidine rings is 1. The van der Waals surface area contributed by atoms with Crippen molar-refractivity contribution in [2.24, 2.45) is 0 Å². The van der Waals surface area contributed by atoms with Crippen LogP contribution in [0, 0.1) is 0 Å². The van der Waals surface area contributed by atoms with Crippen molar-refractivity contribution >= 4 is 16.7 Å². The molecule has 1 N–H and O–H groups in total. The fourth-order valence-electron chi connectivity index (χ4n) is 4.14. The maximum absolute atomic E-state index is 6.32. The van der Waals surface area contributed by atoms with Gasteiger partial charge in [-0.05, 0) is 37.5 Å². The Bertz CT molecular complexity index is 896. The number of nitrogens with zero attached hydrogens (tertiary/aromatic N) is 3. The molecule has 0 spiro atoms. The molecule has 0 saturated carbocycles. The number of H-pyrrole nitrogens is 1. The van der Waals surface area contributed by atoms with Gasteiger partial charge in [0.1, 0.15) is 24.0 Å². The second-order valence-electron chi connectivity index (χ2n) is 6.98. The van der Waals surface area contributed by atoms with Crippen molar-refractivity contribution in [2.75, 3.05) is 18.0 Å². The van der Waals surface area contributed by atoms with Crippen molar-refractivity contribution in [3.05, 3.63) is 48.0 Å². The van der Waals surface area contributed by atoms with E-state index in [0.717, 1.165) is 55.9 Å². The Balaban J connectivity index is 1.29. The minimum absolute atomic E-state index is 0.270. The van der Waals surface area contributed by atoms with Gasteiger partial charge in [0.2, 0.25) is 0 Å². The van der Waals surface area contributed by atoms with Crippen LogP contribution in [0.3, 0.4) is 0 Å². The Morgan fingerprint density at radius 2 is 2.00 bits per heavy atom. The number of hydrogen-bond donors (Lipinski definition) is 1. The summed E-state index contributed by atoms with van der Waals surface area (Å²) in [7, 11) is 0. The first-order chi connectivity index (χ1) is 12.4. The summed E-state index contributed by atoms with van der Waals surface area (Å²) in [5.41, 5.74) is 3.76. The van der Waals surface area contributed by atoms with E-state index in [1.165, 1.54) is 23.1 Å². The van der Waals surface area contributed by atoms with Crippen molar-refractivity contribution in [1.82, 2.24) is 15.0 Å². The first-order valence-electron chi connectivity index (χ1n) is 9.19. The summed E-state index contributed by atoms with van der Waals surface area (Å²) in [4.78, 5) is 14.7. The summed E-state index contributed by atoms with van der Waals surface area (Å²) in [5.74, 6) is 2.15. The Morgan fingerprint density at radius 3 is 2.92 bits per heavy atom. The van der Waals surface area contributed by atoms with E-state index < -0.39 is 0 Å². The van der Waals surface area contributed by atoms with E-state index in [4.69, 9.17) is 4.74 Å². The van der Waals surface area contributed by atoms with Crippen molar-refractivity contribution < 1.29 is 4.74 Å². The van der Waals surface area contributed by atoms with E-state index in [0.29, 0.717) is 0 Å². The molecule has 1 aliphatic heterocycles. The zero-order chi connectivity index (χ0) is 16.6. The van der Waals surface area contributed by atoms with Crippen molar-refractivity contribution in [3.8, 4) is 5.75 Å². The van der Waals surface area contributed by atoms with E-state index in [2.05, 4.69) is 38.1 Å². The molecule has 5 heteroatoms. The third-order valence-electron chi connectivity index (χ3n) is 5.44. The van der Waals surface area contributed by atoms with Gasteiger partial charge in [-0.3, -0.25) is 0 Å². The van der Waals surface area contributed by atoms with E-state index in [-0.39, 0.29) is 6.10 Å². The van der Waals surface area contributed by atoms with Gasteiger partial charge < -0.3 is 14.6 Å². The molecule has 25 heavy (non-hydrogen) atoms. The number of benzene rings is 1. The van der Waals surface area contributed by atoms with Crippen molar-refractivity contribution in [1.29, 1.82) is 0 Å². The smallest absolute Gasteiger partial charge is 0.135 e. The predicted octanol–water partition coefficient (Wildman–Crippen LogP) is 3.49. The molecular weight excluding hydrogens is 312 g/mol. The maximum Gasteiger partial charge on any atom is 0.135 e. The molecule has 1 fully saturated rings. The van der Waals surface area contributed by atoms with Crippen LogP contribution in [0.1, 0.15) is 30.5 Å². The van der Waals surface area contributed by atoms with Crippen LogP contribution in [0.4, 0.5) is 5.82 Å². The van der Waals surface area contributed by atoms with Gasteiger partial charge in [-0.15, -0.1) is 0 Å². The summed E-state index contributed by atoms with van der Waals surface area (Å²) < 4.78 is 6.32. The molecule has 5 rings (SSSR count). The normalized spacial score (nSPS) is 17.8. The van der Waals surface area contributed by atoms with E-state index in [1.54, 1.807) is 6.33 Å². The average Bonchev–Trinajstić information content (AvgIpc) is 3.32. The van der Waals surface area contributed by atoms with Crippen LogP contribution in [0.15, 0.2) is 36.8 Å². The molecule has 3 heterocycles. The predicted molar refractivity (Wildman–Crippen MR) is 98.2 cm³/mol. The highest BCUT2D eigenvalue weighted by atomic mass is 16.5. The van der Waals surface area contributed by atoms with Gasteiger partial charge in [0.15, 0.2) is 0 Å². The number of rotatable bonds is 3. The Hall–Kier alpha value is -2.56. The minimum atomic E-state index is 0.270.